The van der Waals surface area contributed by atoms with Crippen LogP contribution in [0.1, 0.15) is 11.5 Å². The molecule has 1 aliphatic rings. The van der Waals surface area contributed by atoms with Gasteiger partial charge in [-0.1, -0.05) is 23.3 Å². The zero-order chi connectivity index (χ0) is 17.2. The van der Waals surface area contributed by atoms with Gasteiger partial charge in [0.1, 0.15) is 5.82 Å². The van der Waals surface area contributed by atoms with Gasteiger partial charge in [0, 0.05) is 33.1 Å². The summed E-state index contributed by atoms with van der Waals surface area (Å²) in [6.07, 6.45) is 0.165. The Morgan fingerprint density at radius 2 is 1.88 bits per heavy atom. The van der Waals surface area contributed by atoms with Gasteiger partial charge in [-0.15, -0.1) is 5.10 Å². The molecule has 1 fully saturated rings. The number of piperazine rings is 1. The van der Waals surface area contributed by atoms with Crippen molar-refractivity contribution in [3.05, 3.63) is 41.5 Å². The van der Waals surface area contributed by atoms with Gasteiger partial charge in [0.2, 0.25) is 15.9 Å². The highest BCUT2D eigenvalue weighted by Gasteiger charge is 2.28. The number of nitrogens with zero attached hydrogens (tertiary/aromatic N) is 4. The minimum absolute atomic E-state index is 0.104. The lowest BCUT2D eigenvalue weighted by molar-refractivity contribution is 0.370. The Kier molecular flexibility index (Phi) is 4.81. The van der Waals surface area contributed by atoms with Crippen molar-refractivity contribution in [2.24, 2.45) is 0 Å². The molecule has 0 N–H and O–H groups in total. The molecule has 9 heteroatoms. The van der Waals surface area contributed by atoms with Crippen LogP contribution < -0.4 is 4.90 Å². The molecular weight excluding hydrogens is 335 g/mol. The van der Waals surface area contributed by atoms with Gasteiger partial charge in [-0.2, -0.15) is 4.31 Å². The molecule has 1 aromatic carbocycles. The Bertz CT molecular complexity index is 801. The third-order valence-corrected chi connectivity index (χ3v) is 5.88. The maximum absolute atomic E-state index is 13.6. The van der Waals surface area contributed by atoms with Gasteiger partial charge in [0.05, 0.1) is 5.75 Å². The van der Waals surface area contributed by atoms with E-state index in [2.05, 4.69) is 10.2 Å². The molecule has 130 valence electrons. The number of hydrogen-bond acceptors (Lipinski definition) is 6. The van der Waals surface area contributed by atoms with Gasteiger partial charge in [-0.3, -0.25) is 0 Å². The van der Waals surface area contributed by atoms with Crippen molar-refractivity contribution in [2.45, 2.75) is 13.3 Å². The summed E-state index contributed by atoms with van der Waals surface area (Å²) in [4.78, 5) is 1.86. The van der Waals surface area contributed by atoms with E-state index in [0.29, 0.717) is 43.6 Å². The first-order valence-electron chi connectivity index (χ1n) is 7.72. The van der Waals surface area contributed by atoms with Crippen LogP contribution >= 0.6 is 0 Å². The predicted octanol–water partition coefficient (Wildman–Crippen LogP) is 1.21. The summed E-state index contributed by atoms with van der Waals surface area (Å²) in [6.45, 7) is 3.38. The summed E-state index contributed by atoms with van der Waals surface area (Å²) >= 11 is 0. The largest absolute Gasteiger partial charge is 0.408 e. The summed E-state index contributed by atoms with van der Waals surface area (Å²) in [5, 5.41) is 7.72. The van der Waals surface area contributed by atoms with E-state index in [-0.39, 0.29) is 18.0 Å². The number of anilines is 1. The number of sulfonamides is 1. The van der Waals surface area contributed by atoms with E-state index in [1.165, 1.54) is 10.4 Å². The molecule has 1 aromatic heterocycles. The minimum atomic E-state index is -3.43. The average molecular weight is 354 g/mol. The number of hydrogen-bond donors (Lipinski definition) is 0. The van der Waals surface area contributed by atoms with Crippen LogP contribution in [0.2, 0.25) is 0 Å². The molecule has 1 saturated heterocycles. The first-order valence-corrected chi connectivity index (χ1v) is 9.33. The van der Waals surface area contributed by atoms with Crippen LogP contribution in [-0.2, 0) is 16.4 Å². The van der Waals surface area contributed by atoms with Crippen molar-refractivity contribution in [1.29, 1.82) is 0 Å². The zero-order valence-corrected chi connectivity index (χ0v) is 14.2. The SMILES string of the molecule is Cc1nnc(N2CCN(S(=O)(=O)CCc3ccccc3F)CC2)o1. The maximum atomic E-state index is 13.6. The van der Waals surface area contributed by atoms with Gasteiger partial charge in [-0.05, 0) is 18.1 Å². The summed E-state index contributed by atoms with van der Waals surface area (Å²) < 4.78 is 45.3. The number of halogens is 1. The van der Waals surface area contributed by atoms with E-state index < -0.39 is 10.0 Å². The average Bonchev–Trinajstić information content (AvgIpc) is 3.01. The van der Waals surface area contributed by atoms with Crippen molar-refractivity contribution in [3.8, 4) is 0 Å². The van der Waals surface area contributed by atoms with Crippen molar-refractivity contribution in [3.63, 3.8) is 0 Å². The van der Waals surface area contributed by atoms with Crippen LogP contribution in [0.15, 0.2) is 28.7 Å². The first kappa shape index (κ1) is 16.8. The smallest absolute Gasteiger partial charge is 0.318 e. The molecule has 7 nitrogen and oxygen atoms in total. The second-order valence-corrected chi connectivity index (χ2v) is 7.74. The fourth-order valence-corrected chi connectivity index (χ4v) is 4.10. The molecule has 0 saturated carbocycles. The monoisotopic (exact) mass is 354 g/mol. The summed E-state index contributed by atoms with van der Waals surface area (Å²) in [7, 11) is -3.43. The Morgan fingerprint density at radius 1 is 1.17 bits per heavy atom. The van der Waals surface area contributed by atoms with Gasteiger partial charge in [0.25, 0.3) is 0 Å². The molecule has 0 atom stereocenters. The van der Waals surface area contributed by atoms with Gasteiger partial charge < -0.3 is 9.32 Å². The van der Waals surface area contributed by atoms with Gasteiger partial charge in [-0.25, -0.2) is 12.8 Å². The molecule has 0 amide bonds. The molecule has 1 aliphatic heterocycles. The standard InChI is InChI=1S/C15H19FN4O3S/c1-12-17-18-15(23-12)19-7-9-20(10-8-19)24(21,22)11-6-13-4-2-3-5-14(13)16/h2-5H,6-11H2,1H3. The highest BCUT2D eigenvalue weighted by atomic mass is 32.2. The minimum Gasteiger partial charge on any atom is -0.408 e. The van der Waals surface area contributed by atoms with Crippen LogP contribution in [0.4, 0.5) is 10.4 Å². The number of aromatic nitrogens is 2. The van der Waals surface area contributed by atoms with Crippen LogP contribution in [0.3, 0.4) is 0 Å². The Hall–Kier alpha value is -2.00. The number of benzene rings is 1. The Morgan fingerprint density at radius 3 is 2.50 bits per heavy atom. The molecular formula is C15H19FN4O3S. The van der Waals surface area contributed by atoms with Crippen molar-refractivity contribution in [2.75, 3.05) is 36.8 Å². The maximum Gasteiger partial charge on any atom is 0.318 e. The molecule has 0 aliphatic carbocycles. The van der Waals surface area contributed by atoms with Crippen LogP contribution in [-0.4, -0.2) is 54.9 Å². The second kappa shape index (κ2) is 6.86. The van der Waals surface area contributed by atoms with E-state index in [1.54, 1.807) is 25.1 Å². The number of aryl methyl sites for hydroxylation is 2. The fourth-order valence-electron chi connectivity index (χ4n) is 2.64. The number of rotatable bonds is 5. The molecule has 0 spiro atoms. The third-order valence-electron chi connectivity index (χ3n) is 4.01. The van der Waals surface area contributed by atoms with Crippen molar-refractivity contribution >= 4 is 16.0 Å². The van der Waals surface area contributed by atoms with E-state index in [4.69, 9.17) is 4.42 Å². The molecule has 24 heavy (non-hydrogen) atoms. The topological polar surface area (TPSA) is 79.5 Å². The normalized spacial score (nSPS) is 16.5. The van der Waals surface area contributed by atoms with Crippen molar-refractivity contribution in [1.82, 2.24) is 14.5 Å². The summed E-state index contributed by atoms with van der Waals surface area (Å²) in [5.74, 6) is 0.00219. The lowest BCUT2D eigenvalue weighted by Gasteiger charge is -2.32. The molecule has 2 heterocycles. The van der Waals surface area contributed by atoms with Crippen molar-refractivity contribution < 1.29 is 17.2 Å². The molecule has 2 aromatic rings. The quantitative estimate of drug-likeness (QED) is 0.803. The third kappa shape index (κ3) is 3.73. The van der Waals surface area contributed by atoms with E-state index >= 15 is 0 Å². The second-order valence-electron chi connectivity index (χ2n) is 5.65. The highest BCUT2D eigenvalue weighted by Crippen LogP contribution is 2.17. The molecule has 0 radical (unpaired) electrons. The first-order chi connectivity index (χ1) is 11.5. The van der Waals surface area contributed by atoms with Crippen LogP contribution in [0.25, 0.3) is 0 Å². The van der Waals surface area contributed by atoms with Crippen LogP contribution in [0.5, 0.6) is 0 Å². The summed E-state index contributed by atoms with van der Waals surface area (Å²) in [6, 6.07) is 6.66. The van der Waals surface area contributed by atoms with E-state index in [0.717, 1.165) is 0 Å². The molecule has 3 rings (SSSR count). The zero-order valence-electron chi connectivity index (χ0n) is 13.4. The van der Waals surface area contributed by atoms with E-state index in [1.807, 2.05) is 4.90 Å². The summed E-state index contributed by atoms with van der Waals surface area (Å²) in [5.41, 5.74) is 0.418. The van der Waals surface area contributed by atoms with E-state index in [9.17, 15) is 12.8 Å². The fraction of sp³-hybridized carbons (Fsp3) is 0.467. The van der Waals surface area contributed by atoms with Crippen LogP contribution in [0, 0.1) is 12.7 Å². The molecule has 0 unspecified atom stereocenters. The highest BCUT2D eigenvalue weighted by molar-refractivity contribution is 7.89. The molecule has 0 bridgehead atoms. The van der Waals surface area contributed by atoms with Gasteiger partial charge in [0.15, 0.2) is 0 Å². The lowest BCUT2D eigenvalue weighted by atomic mass is 10.2. The Balaban J connectivity index is 1.57. The predicted molar refractivity (Wildman–Crippen MR) is 86.7 cm³/mol. The lowest BCUT2D eigenvalue weighted by Crippen LogP contribution is -2.49. The Labute approximate surface area is 140 Å². The van der Waals surface area contributed by atoms with Gasteiger partial charge >= 0.3 is 6.01 Å².